The van der Waals surface area contributed by atoms with E-state index in [1.54, 1.807) is 0 Å². The van der Waals surface area contributed by atoms with E-state index in [9.17, 15) is 0 Å². The SMILES string of the molecule is N=C1C=CC=C/C1=C1/NCC(c2ccc(-c3ccc4c(-c5ccc6ccccc6c5)c5ccccc5c(-c5ccc6ccccc6c5)c4c3)cc2)c2ccccc21. The number of hydrogen-bond acceptors (Lipinski definition) is 2. The van der Waals surface area contributed by atoms with Gasteiger partial charge >= 0.3 is 0 Å². The zero-order valence-corrected chi connectivity index (χ0v) is 31.3. The molecule has 57 heavy (non-hydrogen) atoms. The second-order valence-electron chi connectivity index (χ2n) is 15.2. The summed E-state index contributed by atoms with van der Waals surface area (Å²) in [6, 6.07) is 64.9. The lowest BCUT2D eigenvalue weighted by atomic mass is 9.82. The Labute approximate surface area is 332 Å². The molecule has 1 aliphatic heterocycles. The number of rotatable bonds is 4. The van der Waals surface area contributed by atoms with Crippen molar-refractivity contribution in [1.29, 1.82) is 5.41 Å². The van der Waals surface area contributed by atoms with Crippen molar-refractivity contribution in [3.63, 3.8) is 0 Å². The van der Waals surface area contributed by atoms with Crippen molar-refractivity contribution in [3.8, 4) is 33.4 Å². The lowest BCUT2D eigenvalue weighted by Crippen LogP contribution is -2.29. The van der Waals surface area contributed by atoms with Crippen molar-refractivity contribution >= 4 is 54.5 Å². The van der Waals surface area contributed by atoms with Crippen LogP contribution in [0.15, 0.2) is 206 Å². The van der Waals surface area contributed by atoms with Gasteiger partial charge in [0.2, 0.25) is 0 Å². The van der Waals surface area contributed by atoms with Crippen molar-refractivity contribution < 1.29 is 0 Å². The summed E-state index contributed by atoms with van der Waals surface area (Å²) in [5, 5.41) is 22.3. The molecule has 1 aliphatic carbocycles. The molecular formula is C55H38N2. The number of benzene rings is 9. The maximum Gasteiger partial charge on any atom is 0.0633 e. The topological polar surface area (TPSA) is 35.9 Å². The third-order valence-corrected chi connectivity index (χ3v) is 12.0. The Hall–Kier alpha value is -7.29. The van der Waals surface area contributed by atoms with Gasteiger partial charge in [-0.15, -0.1) is 0 Å². The molecule has 1 atom stereocenters. The zero-order valence-electron chi connectivity index (χ0n) is 31.3. The van der Waals surface area contributed by atoms with Gasteiger partial charge in [-0.25, -0.2) is 0 Å². The molecule has 2 aliphatic rings. The molecule has 0 saturated heterocycles. The molecule has 9 aromatic rings. The zero-order chi connectivity index (χ0) is 37.9. The third kappa shape index (κ3) is 5.60. The predicted octanol–water partition coefficient (Wildman–Crippen LogP) is 13.9. The molecule has 0 aromatic heterocycles. The van der Waals surface area contributed by atoms with E-state index < -0.39 is 0 Å². The lowest BCUT2D eigenvalue weighted by molar-refractivity contribution is 0.717. The van der Waals surface area contributed by atoms with Gasteiger partial charge in [0, 0.05) is 23.6 Å². The Kier molecular flexibility index (Phi) is 7.82. The third-order valence-electron chi connectivity index (χ3n) is 12.0. The highest BCUT2D eigenvalue weighted by Gasteiger charge is 2.27. The Morgan fingerprint density at radius 1 is 0.439 bits per heavy atom. The van der Waals surface area contributed by atoms with Gasteiger partial charge in [0.05, 0.1) is 11.4 Å². The summed E-state index contributed by atoms with van der Waals surface area (Å²) < 4.78 is 0. The predicted molar refractivity (Wildman–Crippen MR) is 242 cm³/mol. The average Bonchev–Trinajstić information content (AvgIpc) is 3.27. The Balaban J connectivity index is 1.07. The average molecular weight is 727 g/mol. The van der Waals surface area contributed by atoms with Gasteiger partial charge < -0.3 is 10.7 Å². The van der Waals surface area contributed by atoms with E-state index in [2.05, 4.69) is 181 Å². The minimum atomic E-state index is 0.198. The minimum Gasteiger partial charge on any atom is -0.383 e. The molecule has 2 N–H and O–H groups in total. The first-order valence-corrected chi connectivity index (χ1v) is 19.8. The maximum absolute atomic E-state index is 8.58. The van der Waals surface area contributed by atoms with Gasteiger partial charge in [-0.2, -0.15) is 0 Å². The number of fused-ring (bicyclic) bond motifs is 5. The highest BCUT2D eigenvalue weighted by atomic mass is 14.9. The van der Waals surface area contributed by atoms with E-state index in [1.807, 2.05) is 24.3 Å². The molecule has 268 valence electrons. The summed E-state index contributed by atoms with van der Waals surface area (Å²) in [7, 11) is 0. The molecule has 1 unspecified atom stereocenters. The smallest absolute Gasteiger partial charge is 0.0633 e. The van der Waals surface area contributed by atoms with Gasteiger partial charge in [-0.3, -0.25) is 0 Å². The van der Waals surface area contributed by atoms with Crippen LogP contribution in [-0.2, 0) is 0 Å². The second-order valence-corrected chi connectivity index (χ2v) is 15.2. The molecule has 0 saturated carbocycles. The summed E-state index contributed by atoms with van der Waals surface area (Å²) >= 11 is 0. The molecule has 0 amide bonds. The second kappa shape index (κ2) is 13.5. The van der Waals surface area contributed by atoms with Crippen LogP contribution in [0, 0.1) is 5.41 Å². The first-order valence-electron chi connectivity index (χ1n) is 19.8. The van der Waals surface area contributed by atoms with Crippen LogP contribution >= 0.6 is 0 Å². The van der Waals surface area contributed by atoms with E-state index in [-0.39, 0.29) is 5.92 Å². The van der Waals surface area contributed by atoms with Crippen LogP contribution in [0.3, 0.4) is 0 Å². The molecule has 2 nitrogen and oxygen atoms in total. The van der Waals surface area contributed by atoms with Crippen LogP contribution < -0.4 is 5.32 Å². The standard InChI is InChI=1S/C55H38N2/c56-52-20-10-9-19-49(52)55-48-18-8-5-15-44(48)51(34-57-55)38-25-21-37(22-26-38)41-29-30-47-50(33-41)54(43-28-24-36-12-2-4-14-40(36)32-43)46-17-7-6-16-45(46)53(47)42-27-23-35-11-1-3-13-39(35)31-42/h1-33,51,56-57H,34H2/b55-49-,56-52?. The summed E-state index contributed by atoms with van der Waals surface area (Å²) in [5.74, 6) is 0.198. The molecule has 9 aromatic carbocycles. The lowest BCUT2D eigenvalue weighted by Gasteiger charge is -2.31. The van der Waals surface area contributed by atoms with Crippen LogP contribution in [0.1, 0.15) is 22.6 Å². The molecular weight excluding hydrogens is 689 g/mol. The first-order chi connectivity index (χ1) is 28.2. The van der Waals surface area contributed by atoms with E-state index in [0.717, 1.165) is 17.8 Å². The Morgan fingerprint density at radius 2 is 0.982 bits per heavy atom. The summed E-state index contributed by atoms with van der Waals surface area (Å²) in [6.07, 6.45) is 7.85. The van der Waals surface area contributed by atoms with Crippen molar-refractivity contribution in [2.75, 3.05) is 6.54 Å². The van der Waals surface area contributed by atoms with Crippen LogP contribution in [0.5, 0.6) is 0 Å². The molecule has 0 radical (unpaired) electrons. The summed E-state index contributed by atoms with van der Waals surface area (Å²) in [4.78, 5) is 0. The first kappa shape index (κ1) is 33.1. The Morgan fingerprint density at radius 3 is 1.67 bits per heavy atom. The monoisotopic (exact) mass is 726 g/mol. The fraction of sp³-hybridized carbons (Fsp3) is 0.0364. The quantitative estimate of drug-likeness (QED) is 0.174. The molecule has 2 heteroatoms. The van der Waals surface area contributed by atoms with E-state index in [0.29, 0.717) is 5.71 Å². The van der Waals surface area contributed by atoms with Gasteiger partial charge in [-0.05, 0) is 112 Å². The van der Waals surface area contributed by atoms with Crippen LogP contribution in [-0.4, -0.2) is 12.3 Å². The van der Waals surface area contributed by atoms with Crippen LogP contribution in [0.4, 0.5) is 0 Å². The van der Waals surface area contributed by atoms with Gasteiger partial charge in [0.15, 0.2) is 0 Å². The maximum atomic E-state index is 8.58. The number of allylic oxidation sites excluding steroid dienone is 5. The van der Waals surface area contributed by atoms with E-state index >= 15 is 0 Å². The van der Waals surface area contributed by atoms with Gasteiger partial charge in [0.25, 0.3) is 0 Å². The molecule has 0 bridgehead atoms. The fourth-order valence-electron chi connectivity index (χ4n) is 9.25. The fourth-order valence-corrected chi connectivity index (χ4v) is 9.25. The molecule has 1 heterocycles. The van der Waals surface area contributed by atoms with E-state index in [1.165, 1.54) is 93.2 Å². The minimum absolute atomic E-state index is 0.198. The highest BCUT2D eigenvalue weighted by Crippen LogP contribution is 2.46. The van der Waals surface area contributed by atoms with Gasteiger partial charge in [0.1, 0.15) is 0 Å². The summed E-state index contributed by atoms with van der Waals surface area (Å²) in [6.45, 7) is 0.774. The normalized spacial score (nSPS) is 16.4. The number of hydrogen-bond donors (Lipinski definition) is 2. The van der Waals surface area contributed by atoms with Crippen LogP contribution in [0.25, 0.3) is 82.2 Å². The molecule has 11 rings (SSSR count). The van der Waals surface area contributed by atoms with Crippen molar-refractivity contribution in [3.05, 3.63) is 222 Å². The van der Waals surface area contributed by atoms with Crippen molar-refractivity contribution in [1.82, 2.24) is 5.32 Å². The van der Waals surface area contributed by atoms with Crippen molar-refractivity contribution in [2.24, 2.45) is 0 Å². The highest BCUT2D eigenvalue weighted by molar-refractivity contribution is 6.22. The summed E-state index contributed by atoms with van der Waals surface area (Å²) in [5.41, 5.74) is 13.6. The van der Waals surface area contributed by atoms with Crippen molar-refractivity contribution in [2.45, 2.75) is 5.92 Å². The largest absolute Gasteiger partial charge is 0.383 e. The molecule has 0 fully saturated rings. The van der Waals surface area contributed by atoms with Crippen LogP contribution in [0.2, 0.25) is 0 Å². The van der Waals surface area contributed by atoms with Gasteiger partial charge in [-0.1, -0.05) is 176 Å². The number of nitrogens with one attached hydrogen (secondary N) is 2. The molecule has 0 spiro atoms. The Bertz CT molecular complexity index is 3200. The van der Waals surface area contributed by atoms with E-state index in [4.69, 9.17) is 5.41 Å².